The molecule has 1 saturated heterocycles. The molecule has 1 heterocycles. The molecule has 0 aliphatic carbocycles. The number of nitrogens with zero attached hydrogens (tertiary/aromatic N) is 2. The molecule has 1 fully saturated rings. The molecule has 0 saturated carbocycles. The average molecular weight is 329 g/mol. The molecule has 104 valence electrons. The van der Waals surface area contributed by atoms with Gasteiger partial charge in [-0.15, -0.1) is 0 Å². The van der Waals surface area contributed by atoms with Crippen molar-refractivity contribution in [2.24, 2.45) is 0 Å². The van der Waals surface area contributed by atoms with Crippen molar-refractivity contribution in [3.8, 4) is 0 Å². The van der Waals surface area contributed by atoms with Crippen LogP contribution in [0.4, 0.5) is 4.39 Å². The molecule has 0 N–H and O–H groups in total. The van der Waals surface area contributed by atoms with Gasteiger partial charge < -0.3 is 4.90 Å². The van der Waals surface area contributed by atoms with Crippen LogP contribution >= 0.6 is 15.9 Å². The van der Waals surface area contributed by atoms with Crippen LogP contribution in [0.2, 0.25) is 0 Å². The molecule has 1 aromatic carbocycles. The number of benzene rings is 1. The van der Waals surface area contributed by atoms with E-state index in [9.17, 15) is 9.18 Å². The van der Waals surface area contributed by atoms with E-state index in [1.807, 2.05) is 0 Å². The first-order valence-electron chi connectivity index (χ1n) is 6.58. The number of piperazine rings is 1. The summed E-state index contributed by atoms with van der Waals surface area (Å²) in [5.74, 6) is -0.667. The second-order valence-electron chi connectivity index (χ2n) is 4.76. The summed E-state index contributed by atoms with van der Waals surface area (Å²) in [6.07, 6.45) is 1.12. The fraction of sp³-hybridized carbons (Fsp3) is 0.500. The molecule has 1 aliphatic rings. The number of amides is 1. The molecule has 0 bridgehead atoms. The van der Waals surface area contributed by atoms with E-state index in [4.69, 9.17) is 0 Å². The molecule has 0 aromatic heterocycles. The Bertz CT molecular complexity index is 459. The van der Waals surface area contributed by atoms with Gasteiger partial charge in [0.2, 0.25) is 0 Å². The van der Waals surface area contributed by atoms with Gasteiger partial charge in [0.05, 0.1) is 5.56 Å². The normalized spacial score (nSPS) is 16.7. The zero-order valence-corrected chi connectivity index (χ0v) is 12.6. The second-order valence-corrected chi connectivity index (χ2v) is 5.67. The van der Waals surface area contributed by atoms with Crippen LogP contribution in [0.3, 0.4) is 0 Å². The molecule has 5 heteroatoms. The quantitative estimate of drug-likeness (QED) is 0.851. The molecule has 1 aromatic rings. The Morgan fingerprint density at radius 3 is 2.63 bits per heavy atom. The Morgan fingerprint density at radius 1 is 1.32 bits per heavy atom. The summed E-state index contributed by atoms with van der Waals surface area (Å²) >= 11 is 3.27. The van der Waals surface area contributed by atoms with Gasteiger partial charge in [-0.3, -0.25) is 9.69 Å². The van der Waals surface area contributed by atoms with Crippen molar-refractivity contribution in [2.45, 2.75) is 13.3 Å². The van der Waals surface area contributed by atoms with Crippen LogP contribution in [0, 0.1) is 5.82 Å². The number of rotatable bonds is 3. The fourth-order valence-electron chi connectivity index (χ4n) is 2.32. The van der Waals surface area contributed by atoms with Crippen LogP contribution in [-0.2, 0) is 0 Å². The lowest BCUT2D eigenvalue weighted by molar-refractivity contribution is 0.0633. The minimum absolute atomic E-state index is 0.151. The topological polar surface area (TPSA) is 23.6 Å². The molecular weight excluding hydrogens is 311 g/mol. The number of hydrogen-bond donors (Lipinski definition) is 0. The van der Waals surface area contributed by atoms with Gasteiger partial charge in [-0.2, -0.15) is 0 Å². The third-order valence-corrected chi connectivity index (χ3v) is 3.85. The highest BCUT2D eigenvalue weighted by atomic mass is 79.9. The molecular formula is C14H18BrFN2O. The molecule has 1 amide bonds. The SMILES string of the molecule is CCCN1CCN(C(=O)c2cc(Br)ccc2F)CC1. The Morgan fingerprint density at radius 2 is 2.00 bits per heavy atom. The van der Waals surface area contributed by atoms with E-state index in [1.54, 1.807) is 17.0 Å². The lowest BCUT2D eigenvalue weighted by Crippen LogP contribution is -2.48. The lowest BCUT2D eigenvalue weighted by Gasteiger charge is -2.34. The highest BCUT2D eigenvalue weighted by Crippen LogP contribution is 2.18. The Balaban J connectivity index is 2.03. The van der Waals surface area contributed by atoms with E-state index in [2.05, 4.69) is 27.8 Å². The standard InChI is InChI=1S/C14H18BrFN2O/c1-2-5-17-6-8-18(9-7-17)14(19)12-10-11(15)3-4-13(12)16/h3-4,10H,2,5-9H2,1H3. The van der Waals surface area contributed by atoms with Crippen LogP contribution in [-0.4, -0.2) is 48.4 Å². The van der Waals surface area contributed by atoms with Crippen LogP contribution in [0.1, 0.15) is 23.7 Å². The largest absolute Gasteiger partial charge is 0.336 e. The summed E-state index contributed by atoms with van der Waals surface area (Å²) in [4.78, 5) is 16.4. The zero-order valence-electron chi connectivity index (χ0n) is 11.0. The van der Waals surface area contributed by atoms with Gasteiger partial charge in [-0.25, -0.2) is 4.39 Å². The summed E-state index contributed by atoms with van der Waals surface area (Å²) in [5.41, 5.74) is 0.151. The third-order valence-electron chi connectivity index (χ3n) is 3.36. The van der Waals surface area contributed by atoms with Crippen molar-refractivity contribution < 1.29 is 9.18 Å². The maximum Gasteiger partial charge on any atom is 0.256 e. The molecule has 0 spiro atoms. The Kier molecular flexibility index (Phi) is 4.93. The lowest BCUT2D eigenvalue weighted by atomic mass is 10.1. The van der Waals surface area contributed by atoms with Gasteiger partial charge in [0, 0.05) is 30.7 Å². The predicted molar refractivity (Wildman–Crippen MR) is 76.7 cm³/mol. The van der Waals surface area contributed by atoms with Crippen LogP contribution in [0.15, 0.2) is 22.7 Å². The minimum Gasteiger partial charge on any atom is -0.336 e. The molecule has 2 rings (SSSR count). The summed E-state index contributed by atoms with van der Waals surface area (Å²) in [7, 11) is 0. The molecule has 0 unspecified atom stereocenters. The van der Waals surface area contributed by atoms with Gasteiger partial charge in [-0.1, -0.05) is 22.9 Å². The summed E-state index contributed by atoms with van der Waals surface area (Å²) in [6.45, 7) is 6.29. The van der Waals surface area contributed by atoms with Crippen LogP contribution < -0.4 is 0 Å². The first kappa shape index (κ1) is 14.5. The fourth-order valence-corrected chi connectivity index (χ4v) is 2.68. The number of carbonyl (C=O) groups excluding carboxylic acids is 1. The molecule has 0 atom stereocenters. The van der Waals surface area contributed by atoms with Gasteiger partial charge in [-0.05, 0) is 31.2 Å². The van der Waals surface area contributed by atoms with E-state index in [-0.39, 0.29) is 11.5 Å². The Hall–Kier alpha value is -0.940. The average Bonchev–Trinajstić information content (AvgIpc) is 2.42. The smallest absolute Gasteiger partial charge is 0.256 e. The summed E-state index contributed by atoms with van der Waals surface area (Å²) in [5, 5.41) is 0. The maximum atomic E-state index is 13.7. The monoisotopic (exact) mass is 328 g/mol. The van der Waals surface area contributed by atoms with E-state index in [0.29, 0.717) is 13.1 Å². The number of carbonyl (C=O) groups is 1. The van der Waals surface area contributed by atoms with E-state index >= 15 is 0 Å². The van der Waals surface area contributed by atoms with Gasteiger partial charge >= 0.3 is 0 Å². The van der Waals surface area contributed by atoms with Crippen molar-refractivity contribution in [3.05, 3.63) is 34.1 Å². The molecule has 19 heavy (non-hydrogen) atoms. The maximum absolute atomic E-state index is 13.7. The highest BCUT2D eigenvalue weighted by Gasteiger charge is 2.23. The molecule has 1 aliphatic heterocycles. The summed E-state index contributed by atoms with van der Waals surface area (Å²) in [6, 6.07) is 4.48. The van der Waals surface area contributed by atoms with E-state index in [0.717, 1.165) is 30.5 Å². The predicted octanol–water partition coefficient (Wildman–Crippen LogP) is 2.76. The first-order chi connectivity index (χ1) is 9.11. The molecule has 3 nitrogen and oxygen atoms in total. The Labute approximate surface area is 121 Å². The van der Waals surface area contributed by atoms with Gasteiger partial charge in [0.15, 0.2) is 0 Å². The number of halogens is 2. The first-order valence-corrected chi connectivity index (χ1v) is 7.37. The highest BCUT2D eigenvalue weighted by molar-refractivity contribution is 9.10. The third kappa shape index (κ3) is 3.54. The van der Waals surface area contributed by atoms with Gasteiger partial charge in [0.25, 0.3) is 5.91 Å². The minimum atomic E-state index is -0.454. The van der Waals surface area contributed by atoms with Crippen molar-refractivity contribution in [3.63, 3.8) is 0 Å². The summed E-state index contributed by atoms with van der Waals surface area (Å²) < 4.78 is 14.4. The molecule has 0 radical (unpaired) electrons. The second kappa shape index (κ2) is 6.48. The van der Waals surface area contributed by atoms with Gasteiger partial charge in [0.1, 0.15) is 5.82 Å². The number of hydrogen-bond acceptors (Lipinski definition) is 2. The van der Waals surface area contributed by atoms with Crippen molar-refractivity contribution >= 4 is 21.8 Å². The van der Waals surface area contributed by atoms with Crippen molar-refractivity contribution in [2.75, 3.05) is 32.7 Å². The van der Waals surface area contributed by atoms with Crippen molar-refractivity contribution in [1.29, 1.82) is 0 Å². The zero-order chi connectivity index (χ0) is 13.8. The van der Waals surface area contributed by atoms with E-state index in [1.165, 1.54) is 6.07 Å². The van der Waals surface area contributed by atoms with Crippen LogP contribution in [0.25, 0.3) is 0 Å². The van der Waals surface area contributed by atoms with E-state index < -0.39 is 5.82 Å². The van der Waals surface area contributed by atoms with Crippen molar-refractivity contribution in [1.82, 2.24) is 9.80 Å². The van der Waals surface area contributed by atoms with Crippen LogP contribution in [0.5, 0.6) is 0 Å².